The molecule has 0 aromatic carbocycles. The van der Waals surface area contributed by atoms with Crippen molar-refractivity contribution in [3.05, 3.63) is 11.6 Å². The Balaban J connectivity index is 2.15. The second-order valence-electron chi connectivity index (χ2n) is 2.92. The van der Waals surface area contributed by atoms with Gasteiger partial charge in [-0.25, -0.2) is 0 Å². The summed E-state index contributed by atoms with van der Waals surface area (Å²) in [6, 6.07) is 0. The topological polar surface area (TPSA) is 21.3 Å². The molecule has 0 atom stereocenters. The van der Waals surface area contributed by atoms with Gasteiger partial charge >= 0.3 is 6.18 Å². The lowest BCUT2D eigenvalue weighted by atomic mass is 10.1. The normalized spacial score (nSPS) is 18.5. The summed E-state index contributed by atoms with van der Waals surface area (Å²) in [5, 5.41) is 3.07. The Morgan fingerprint density at radius 1 is 1.46 bits per heavy atom. The zero-order chi connectivity index (χ0) is 9.73. The molecule has 0 saturated carbocycles. The molecule has 0 fully saturated rings. The molecular weight excluding hydrogens is 183 g/mol. The summed E-state index contributed by atoms with van der Waals surface area (Å²) in [6.45, 7) is 0.491. The van der Waals surface area contributed by atoms with Crippen molar-refractivity contribution in [3.63, 3.8) is 0 Å². The van der Waals surface area contributed by atoms with Gasteiger partial charge in [-0.3, -0.25) is 0 Å². The van der Waals surface area contributed by atoms with Crippen LogP contribution in [0.2, 0.25) is 0 Å². The minimum atomic E-state index is -4.21. The molecule has 0 radical (unpaired) electrons. The summed E-state index contributed by atoms with van der Waals surface area (Å²) in [5.41, 5.74) is 0.947. The molecule has 0 unspecified atom stereocenters. The van der Waals surface area contributed by atoms with E-state index in [1.807, 2.05) is 6.08 Å². The van der Waals surface area contributed by atoms with E-state index >= 15 is 0 Å². The predicted molar refractivity (Wildman–Crippen MR) is 42.4 cm³/mol. The van der Waals surface area contributed by atoms with Gasteiger partial charge in [-0.05, 0) is 18.5 Å². The van der Waals surface area contributed by atoms with Crippen LogP contribution in [-0.2, 0) is 4.74 Å². The molecular formula is C8H12F3NO. The number of hydrogen-bond acceptors (Lipinski definition) is 2. The summed E-state index contributed by atoms with van der Waals surface area (Å²) in [6.07, 6.45) is -1.56. The van der Waals surface area contributed by atoms with Crippen LogP contribution in [0, 0.1) is 0 Å². The van der Waals surface area contributed by atoms with E-state index in [1.165, 1.54) is 0 Å². The van der Waals surface area contributed by atoms with Crippen molar-refractivity contribution in [1.82, 2.24) is 5.32 Å². The lowest BCUT2D eigenvalue weighted by Gasteiger charge is -2.14. The summed E-state index contributed by atoms with van der Waals surface area (Å²) < 4.78 is 39.5. The third-order valence-corrected chi connectivity index (χ3v) is 1.71. The quantitative estimate of drug-likeness (QED) is 0.689. The van der Waals surface area contributed by atoms with Gasteiger partial charge in [0.05, 0.1) is 6.61 Å². The van der Waals surface area contributed by atoms with Gasteiger partial charge in [-0.2, -0.15) is 13.2 Å². The van der Waals surface area contributed by atoms with Gasteiger partial charge in [0.1, 0.15) is 6.61 Å². The molecule has 0 aromatic rings. The largest absolute Gasteiger partial charge is 0.411 e. The van der Waals surface area contributed by atoms with Gasteiger partial charge < -0.3 is 10.1 Å². The van der Waals surface area contributed by atoms with Crippen LogP contribution in [0.25, 0.3) is 0 Å². The van der Waals surface area contributed by atoms with Crippen LogP contribution in [0.4, 0.5) is 13.2 Å². The Morgan fingerprint density at radius 2 is 2.23 bits per heavy atom. The van der Waals surface area contributed by atoms with E-state index in [1.54, 1.807) is 0 Å². The SMILES string of the molecule is FC(F)(F)COCC1=CCNCC1. The molecule has 13 heavy (non-hydrogen) atoms. The summed E-state index contributed by atoms with van der Waals surface area (Å²) >= 11 is 0. The van der Waals surface area contributed by atoms with Crippen LogP contribution in [-0.4, -0.2) is 32.5 Å². The van der Waals surface area contributed by atoms with E-state index in [0.717, 1.165) is 25.1 Å². The predicted octanol–water partition coefficient (Wildman–Crippen LogP) is 1.48. The smallest absolute Gasteiger partial charge is 0.368 e. The maximum Gasteiger partial charge on any atom is 0.411 e. The first-order valence-corrected chi connectivity index (χ1v) is 4.11. The van der Waals surface area contributed by atoms with Gasteiger partial charge in [0.2, 0.25) is 0 Å². The van der Waals surface area contributed by atoms with E-state index in [0.29, 0.717) is 0 Å². The monoisotopic (exact) mass is 195 g/mol. The number of nitrogens with one attached hydrogen (secondary N) is 1. The Morgan fingerprint density at radius 3 is 2.77 bits per heavy atom. The van der Waals surface area contributed by atoms with Crippen LogP contribution >= 0.6 is 0 Å². The highest BCUT2D eigenvalue weighted by Gasteiger charge is 2.27. The Bertz CT molecular complexity index is 188. The van der Waals surface area contributed by atoms with Gasteiger partial charge in [0.25, 0.3) is 0 Å². The van der Waals surface area contributed by atoms with Gasteiger partial charge in [0, 0.05) is 6.54 Å². The third kappa shape index (κ3) is 4.90. The average Bonchev–Trinajstić information content (AvgIpc) is 2.04. The molecule has 1 heterocycles. The Hall–Kier alpha value is -0.550. The third-order valence-electron chi connectivity index (χ3n) is 1.71. The van der Waals surface area contributed by atoms with E-state index in [-0.39, 0.29) is 6.61 Å². The lowest BCUT2D eigenvalue weighted by Crippen LogP contribution is -2.23. The standard InChI is InChI=1S/C8H12F3NO/c9-8(10,11)6-13-5-7-1-3-12-4-2-7/h1,12H,2-6H2. The van der Waals surface area contributed by atoms with E-state index < -0.39 is 12.8 Å². The van der Waals surface area contributed by atoms with E-state index in [2.05, 4.69) is 10.1 Å². The van der Waals surface area contributed by atoms with E-state index in [4.69, 9.17) is 0 Å². The summed E-state index contributed by atoms with van der Waals surface area (Å²) in [7, 11) is 0. The second kappa shape index (κ2) is 4.62. The minimum absolute atomic E-state index is 0.0984. The number of ether oxygens (including phenoxy) is 1. The summed E-state index contributed by atoms with van der Waals surface area (Å²) in [4.78, 5) is 0. The first-order valence-electron chi connectivity index (χ1n) is 4.11. The zero-order valence-corrected chi connectivity index (χ0v) is 7.16. The average molecular weight is 195 g/mol. The van der Waals surface area contributed by atoms with Gasteiger partial charge in [-0.1, -0.05) is 6.08 Å². The van der Waals surface area contributed by atoms with Crippen LogP contribution in [0.1, 0.15) is 6.42 Å². The number of alkyl halides is 3. The Kier molecular flexibility index (Phi) is 3.74. The highest BCUT2D eigenvalue weighted by Crippen LogP contribution is 2.15. The highest BCUT2D eigenvalue weighted by molar-refractivity contribution is 5.06. The van der Waals surface area contributed by atoms with Crippen LogP contribution in [0.3, 0.4) is 0 Å². The minimum Gasteiger partial charge on any atom is -0.368 e. The van der Waals surface area contributed by atoms with Crippen molar-refractivity contribution < 1.29 is 17.9 Å². The fourth-order valence-corrected chi connectivity index (χ4v) is 1.10. The summed E-state index contributed by atoms with van der Waals surface area (Å²) in [5.74, 6) is 0. The zero-order valence-electron chi connectivity index (χ0n) is 7.16. The van der Waals surface area contributed by atoms with E-state index in [9.17, 15) is 13.2 Å². The van der Waals surface area contributed by atoms with Crippen molar-refractivity contribution in [1.29, 1.82) is 0 Å². The molecule has 0 saturated heterocycles. The van der Waals surface area contributed by atoms with Crippen LogP contribution in [0.5, 0.6) is 0 Å². The Labute approximate surface area is 74.8 Å². The maximum atomic E-state index is 11.7. The van der Waals surface area contributed by atoms with Crippen molar-refractivity contribution in [2.45, 2.75) is 12.6 Å². The fourth-order valence-electron chi connectivity index (χ4n) is 1.10. The van der Waals surface area contributed by atoms with Crippen molar-refractivity contribution in [2.75, 3.05) is 26.3 Å². The van der Waals surface area contributed by atoms with Gasteiger partial charge in [0.15, 0.2) is 0 Å². The first kappa shape index (κ1) is 10.5. The maximum absolute atomic E-state index is 11.7. The van der Waals surface area contributed by atoms with Crippen molar-refractivity contribution >= 4 is 0 Å². The van der Waals surface area contributed by atoms with Crippen molar-refractivity contribution in [2.24, 2.45) is 0 Å². The molecule has 5 heteroatoms. The molecule has 76 valence electrons. The molecule has 1 aliphatic heterocycles. The number of rotatable bonds is 3. The number of halogens is 3. The van der Waals surface area contributed by atoms with Gasteiger partial charge in [-0.15, -0.1) is 0 Å². The molecule has 1 N–H and O–H groups in total. The number of hydrogen-bond donors (Lipinski definition) is 1. The van der Waals surface area contributed by atoms with Crippen molar-refractivity contribution in [3.8, 4) is 0 Å². The molecule has 1 aliphatic rings. The fraction of sp³-hybridized carbons (Fsp3) is 0.750. The molecule has 0 amide bonds. The first-order chi connectivity index (χ1) is 6.08. The molecule has 0 aliphatic carbocycles. The molecule has 0 spiro atoms. The lowest BCUT2D eigenvalue weighted by molar-refractivity contribution is -0.171. The van der Waals surface area contributed by atoms with Crippen LogP contribution in [0.15, 0.2) is 11.6 Å². The molecule has 2 nitrogen and oxygen atoms in total. The molecule has 0 aromatic heterocycles. The molecule has 0 bridgehead atoms. The second-order valence-corrected chi connectivity index (χ2v) is 2.92. The molecule has 1 rings (SSSR count). The van der Waals surface area contributed by atoms with Crippen LogP contribution < -0.4 is 5.32 Å². The highest BCUT2D eigenvalue weighted by atomic mass is 19.4.